The average molecular weight is 638 g/mol. The summed E-state index contributed by atoms with van der Waals surface area (Å²) >= 11 is 0. The Labute approximate surface area is 287 Å². The van der Waals surface area contributed by atoms with E-state index >= 15 is 0 Å². The molecule has 1 aliphatic heterocycles. The number of allylic oxidation sites excluding steroid dienone is 12. The van der Waals surface area contributed by atoms with Gasteiger partial charge in [-0.3, -0.25) is 0 Å². The largest absolute Gasteiger partial charge is 0.347 e. The molecule has 1 aliphatic rings. The zero-order chi connectivity index (χ0) is 33.2. The van der Waals surface area contributed by atoms with Crippen LogP contribution in [0, 0.1) is 0 Å². The van der Waals surface area contributed by atoms with Crippen LogP contribution in [0.25, 0.3) is 0 Å². The summed E-state index contributed by atoms with van der Waals surface area (Å²) in [5.74, 6) is -0.325. The highest BCUT2D eigenvalue weighted by molar-refractivity contribution is 4.98. The highest BCUT2D eigenvalue weighted by Gasteiger charge is 2.40. The zero-order valence-electron chi connectivity index (χ0n) is 30.9. The lowest BCUT2D eigenvalue weighted by molar-refractivity contribution is -0.180. The molecule has 1 heterocycles. The number of hydrogen-bond donors (Lipinski definition) is 0. The van der Waals surface area contributed by atoms with Gasteiger partial charge in [0.15, 0.2) is 5.79 Å². The summed E-state index contributed by atoms with van der Waals surface area (Å²) in [7, 11) is 4.29. The van der Waals surface area contributed by atoms with E-state index in [9.17, 15) is 0 Å². The van der Waals surface area contributed by atoms with Crippen molar-refractivity contribution in [1.29, 1.82) is 0 Å². The first-order valence-electron chi connectivity index (χ1n) is 19.5. The number of nitrogens with zero attached hydrogens (tertiary/aromatic N) is 1. The van der Waals surface area contributed by atoms with Crippen LogP contribution in [-0.2, 0) is 9.47 Å². The van der Waals surface area contributed by atoms with Crippen LogP contribution in [0.4, 0.5) is 0 Å². The molecule has 3 nitrogen and oxygen atoms in total. The van der Waals surface area contributed by atoms with E-state index in [0.717, 1.165) is 70.9 Å². The van der Waals surface area contributed by atoms with Crippen molar-refractivity contribution in [3.8, 4) is 0 Å². The first-order valence-corrected chi connectivity index (χ1v) is 19.5. The minimum atomic E-state index is -0.325. The molecule has 264 valence electrons. The molecule has 1 atom stereocenters. The third-order valence-electron chi connectivity index (χ3n) is 8.73. The number of ether oxygens (including phenoxy) is 2. The van der Waals surface area contributed by atoms with Crippen molar-refractivity contribution in [2.45, 2.75) is 173 Å². The predicted octanol–water partition coefficient (Wildman–Crippen LogP) is 13.0. The minimum absolute atomic E-state index is 0.255. The molecule has 0 aromatic heterocycles. The number of unbranched alkanes of at least 4 members (excludes halogenated alkanes) is 12. The molecule has 0 N–H and O–H groups in total. The second kappa shape index (κ2) is 31.9. The lowest BCUT2D eigenvalue weighted by atomic mass is 9.98. The molecule has 1 saturated heterocycles. The maximum absolute atomic E-state index is 6.67. The van der Waals surface area contributed by atoms with Crippen LogP contribution >= 0.6 is 0 Å². The monoisotopic (exact) mass is 638 g/mol. The average Bonchev–Trinajstić information content (AvgIpc) is 3.46. The lowest BCUT2D eigenvalue weighted by Gasteiger charge is -2.29. The molecule has 0 bridgehead atoms. The highest BCUT2D eigenvalue weighted by Crippen LogP contribution is 2.35. The molecule has 0 aliphatic carbocycles. The quantitative estimate of drug-likeness (QED) is 0.0557. The fourth-order valence-electron chi connectivity index (χ4n) is 5.93. The van der Waals surface area contributed by atoms with E-state index < -0.39 is 0 Å². The smallest absolute Gasteiger partial charge is 0.168 e. The predicted molar refractivity (Wildman–Crippen MR) is 204 cm³/mol. The molecule has 1 rings (SSSR count). The van der Waals surface area contributed by atoms with Crippen LogP contribution in [0.15, 0.2) is 72.9 Å². The van der Waals surface area contributed by atoms with Crippen molar-refractivity contribution in [2.24, 2.45) is 0 Å². The first kappa shape index (κ1) is 42.3. The van der Waals surface area contributed by atoms with Crippen LogP contribution in [0.3, 0.4) is 0 Å². The fourth-order valence-corrected chi connectivity index (χ4v) is 5.93. The zero-order valence-corrected chi connectivity index (χ0v) is 30.9. The molecule has 0 saturated carbocycles. The number of rotatable bonds is 31. The Morgan fingerprint density at radius 2 is 0.913 bits per heavy atom. The summed E-state index contributed by atoms with van der Waals surface area (Å²) in [6.45, 7) is 6.20. The van der Waals surface area contributed by atoms with Gasteiger partial charge in [-0.05, 0) is 97.6 Å². The van der Waals surface area contributed by atoms with Gasteiger partial charge in [0, 0.05) is 19.4 Å². The van der Waals surface area contributed by atoms with Crippen molar-refractivity contribution in [3.63, 3.8) is 0 Å². The van der Waals surface area contributed by atoms with E-state index in [4.69, 9.17) is 9.47 Å². The van der Waals surface area contributed by atoms with Crippen LogP contribution in [0.2, 0.25) is 0 Å². The molecular weight excluding hydrogens is 562 g/mol. The summed E-state index contributed by atoms with van der Waals surface area (Å²) in [4.78, 5) is 2.25. The van der Waals surface area contributed by atoms with E-state index in [1.165, 1.54) is 89.9 Å². The summed E-state index contributed by atoms with van der Waals surface area (Å²) in [6.07, 6.45) is 55.5. The van der Waals surface area contributed by atoms with Gasteiger partial charge in [0.1, 0.15) is 0 Å². The van der Waals surface area contributed by atoms with Gasteiger partial charge in [-0.15, -0.1) is 0 Å². The maximum atomic E-state index is 6.67. The molecule has 0 radical (unpaired) electrons. The second-order valence-corrected chi connectivity index (χ2v) is 13.5. The van der Waals surface area contributed by atoms with Crippen molar-refractivity contribution < 1.29 is 9.47 Å². The van der Waals surface area contributed by atoms with Crippen LogP contribution in [-0.4, -0.2) is 44.0 Å². The van der Waals surface area contributed by atoms with E-state index in [-0.39, 0.29) is 11.9 Å². The van der Waals surface area contributed by atoms with Gasteiger partial charge >= 0.3 is 0 Å². The van der Waals surface area contributed by atoms with Crippen LogP contribution in [0.1, 0.15) is 162 Å². The second-order valence-electron chi connectivity index (χ2n) is 13.5. The third-order valence-corrected chi connectivity index (χ3v) is 8.73. The summed E-state index contributed by atoms with van der Waals surface area (Å²) in [5.41, 5.74) is 0. The minimum Gasteiger partial charge on any atom is -0.347 e. The molecule has 1 unspecified atom stereocenters. The van der Waals surface area contributed by atoms with E-state index in [1.54, 1.807) is 0 Å². The molecule has 0 amide bonds. The molecule has 0 aromatic rings. The van der Waals surface area contributed by atoms with Crippen molar-refractivity contribution in [2.75, 3.05) is 27.2 Å². The summed E-state index contributed by atoms with van der Waals surface area (Å²) in [6, 6.07) is 0. The molecule has 3 heteroatoms. The number of hydrogen-bond acceptors (Lipinski definition) is 3. The first-order chi connectivity index (χ1) is 22.6. The van der Waals surface area contributed by atoms with Gasteiger partial charge in [0.2, 0.25) is 0 Å². The van der Waals surface area contributed by atoms with E-state index in [2.05, 4.69) is 106 Å². The van der Waals surface area contributed by atoms with Gasteiger partial charge < -0.3 is 14.4 Å². The molecule has 1 fully saturated rings. The van der Waals surface area contributed by atoms with Gasteiger partial charge in [-0.1, -0.05) is 138 Å². The molecule has 0 spiro atoms. The molecule has 0 aromatic carbocycles. The van der Waals surface area contributed by atoms with Crippen molar-refractivity contribution in [1.82, 2.24) is 4.90 Å². The Morgan fingerprint density at radius 3 is 1.35 bits per heavy atom. The Kier molecular flexibility index (Phi) is 29.4. The summed E-state index contributed by atoms with van der Waals surface area (Å²) in [5, 5.41) is 0. The Hall–Kier alpha value is -1.68. The van der Waals surface area contributed by atoms with Crippen LogP contribution in [0.5, 0.6) is 0 Å². The Balaban J connectivity index is 2.18. The van der Waals surface area contributed by atoms with Crippen molar-refractivity contribution >= 4 is 0 Å². The molecular formula is C43H75NO2. The van der Waals surface area contributed by atoms with Gasteiger partial charge in [-0.25, -0.2) is 0 Å². The van der Waals surface area contributed by atoms with Gasteiger partial charge in [0.05, 0.1) is 12.7 Å². The van der Waals surface area contributed by atoms with E-state index in [0.29, 0.717) is 0 Å². The van der Waals surface area contributed by atoms with Gasteiger partial charge in [-0.2, -0.15) is 0 Å². The molecule has 46 heavy (non-hydrogen) atoms. The Bertz CT molecular complexity index is 780. The standard InChI is InChI=1S/C43H75NO2/c1-5-7-9-11-13-15-17-19-21-23-25-27-29-31-33-35-38-43(45-41-42(46-43)37-40-44(3)4)39-36-34-32-30-28-26-24-22-20-18-16-14-12-10-8-6-2/h7-10,13-16,19-22,42H,5-6,11-12,17-18,23-41H2,1-4H3/b9-7-,10-8-,15-13-,16-14-,21-19-,22-20-. The Morgan fingerprint density at radius 1 is 0.522 bits per heavy atom. The van der Waals surface area contributed by atoms with Crippen LogP contribution < -0.4 is 0 Å². The highest BCUT2D eigenvalue weighted by atomic mass is 16.7. The topological polar surface area (TPSA) is 21.7 Å². The SMILES string of the molecule is CC/C=C\C/C=C\C/C=C\CCCCCCCCC1(CCCCCCCC/C=C\C/C=C\C/C=C\CC)OCC(CCN(C)C)O1. The third kappa shape index (κ3) is 26.4. The van der Waals surface area contributed by atoms with Gasteiger partial charge in [0.25, 0.3) is 0 Å². The normalized spacial score (nSPS) is 17.3. The lowest BCUT2D eigenvalue weighted by Crippen LogP contribution is -2.31. The summed E-state index contributed by atoms with van der Waals surface area (Å²) < 4.78 is 13.1. The fraction of sp³-hybridized carbons (Fsp3) is 0.721. The maximum Gasteiger partial charge on any atom is 0.168 e. The van der Waals surface area contributed by atoms with E-state index in [1.807, 2.05) is 0 Å². The van der Waals surface area contributed by atoms with Crippen molar-refractivity contribution in [3.05, 3.63) is 72.9 Å².